The highest BCUT2D eigenvalue weighted by molar-refractivity contribution is 8.17. The lowest BCUT2D eigenvalue weighted by atomic mass is 10.0. The van der Waals surface area contributed by atoms with Crippen molar-refractivity contribution in [3.8, 4) is 11.5 Å². The second kappa shape index (κ2) is 13.4. The first kappa shape index (κ1) is 33.0. The third-order valence-electron chi connectivity index (χ3n) is 6.86. The van der Waals surface area contributed by atoms with Crippen molar-refractivity contribution in [3.05, 3.63) is 76.2 Å². The molecule has 234 valence electrons. The van der Waals surface area contributed by atoms with Gasteiger partial charge in [-0.1, -0.05) is 43.1 Å². The van der Waals surface area contributed by atoms with Gasteiger partial charge in [0.25, 0.3) is 10.0 Å². The van der Waals surface area contributed by atoms with E-state index in [2.05, 4.69) is 20.3 Å². The number of halogens is 5. The fourth-order valence-corrected chi connectivity index (χ4v) is 8.90. The maximum absolute atomic E-state index is 14.1. The Balaban J connectivity index is 1.62. The quantitative estimate of drug-likeness (QED) is 0.139. The Labute approximate surface area is 254 Å². The van der Waals surface area contributed by atoms with Gasteiger partial charge >= 0.3 is 6.18 Å². The van der Waals surface area contributed by atoms with Gasteiger partial charge in [-0.15, -0.1) is 0 Å². The van der Waals surface area contributed by atoms with Crippen LogP contribution >= 0.6 is 22.1 Å². The maximum atomic E-state index is 14.1. The number of anilines is 1. The van der Waals surface area contributed by atoms with Gasteiger partial charge in [-0.25, -0.2) is 17.8 Å². The number of methoxy groups -OCH3 is 1. The minimum absolute atomic E-state index is 0.0798. The van der Waals surface area contributed by atoms with Crippen LogP contribution in [0.1, 0.15) is 49.6 Å². The summed E-state index contributed by atoms with van der Waals surface area (Å²) in [5.41, 5.74) is -1.83. The Kier molecular flexibility index (Phi) is 10.3. The summed E-state index contributed by atoms with van der Waals surface area (Å²) in [5.74, 6) is -0.0437. The van der Waals surface area contributed by atoms with Crippen molar-refractivity contribution >= 4 is 42.7 Å². The fraction of sp³-hybridized carbons (Fsp3) is 0.357. The molecule has 1 aromatic heterocycles. The van der Waals surface area contributed by atoms with Crippen molar-refractivity contribution in [2.24, 2.45) is 0 Å². The van der Waals surface area contributed by atoms with E-state index in [1.807, 2.05) is 13.8 Å². The molecule has 0 radical (unpaired) electrons. The SMILES string of the molecule is CCCCS1=C(C)C(c2ccc(F)c(Cl)c2)NC1NS(=O)(=O)c1ccc(NCc2cccc(OC)c2O)c(C(F)(F)F)n1. The molecule has 1 aliphatic rings. The van der Waals surface area contributed by atoms with E-state index in [1.165, 1.54) is 31.4 Å². The zero-order valence-corrected chi connectivity index (χ0v) is 25.8. The molecule has 3 aromatic rings. The zero-order valence-electron chi connectivity index (χ0n) is 23.4. The van der Waals surface area contributed by atoms with Crippen molar-refractivity contribution in [1.82, 2.24) is 15.0 Å². The monoisotopic (exact) mass is 662 g/mol. The number of benzene rings is 2. The molecule has 0 saturated carbocycles. The molecule has 0 bridgehead atoms. The molecule has 0 amide bonds. The lowest BCUT2D eigenvalue weighted by molar-refractivity contribution is -0.140. The number of pyridine rings is 1. The maximum Gasteiger partial charge on any atom is 0.435 e. The summed E-state index contributed by atoms with van der Waals surface area (Å²) in [6.07, 6.45) is -3.35. The van der Waals surface area contributed by atoms with Crippen LogP contribution in [-0.4, -0.2) is 41.7 Å². The summed E-state index contributed by atoms with van der Waals surface area (Å²) in [6.45, 7) is 3.64. The summed E-state index contributed by atoms with van der Waals surface area (Å²) in [7, 11) is -3.83. The van der Waals surface area contributed by atoms with Gasteiger partial charge in [0.1, 0.15) is 11.3 Å². The number of unbranched alkanes of at least 4 members (excludes halogenated alkanes) is 1. The van der Waals surface area contributed by atoms with Gasteiger partial charge in [-0.05, 0) is 59.9 Å². The Morgan fingerprint density at radius 2 is 1.93 bits per heavy atom. The number of nitrogens with one attached hydrogen (secondary N) is 3. The first-order chi connectivity index (χ1) is 20.3. The molecule has 8 nitrogen and oxygen atoms in total. The number of hydrogen-bond donors (Lipinski definition) is 4. The van der Waals surface area contributed by atoms with E-state index in [4.69, 9.17) is 16.3 Å². The van der Waals surface area contributed by atoms with Crippen LogP contribution < -0.4 is 20.1 Å². The van der Waals surface area contributed by atoms with Crippen LogP contribution in [0.25, 0.3) is 0 Å². The van der Waals surface area contributed by atoms with E-state index in [1.54, 1.807) is 12.1 Å². The topological polar surface area (TPSA) is 113 Å². The van der Waals surface area contributed by atoms with Crippen molar-refractivity contribution in [2.45, 2.75) is 56.0 Å². The van der Waals surface area contributed by atoms with E-state index in [-0.39, 0.29) is 28.6 Å². The minimum Gasteiger partial charge on any atom is -0.504 e. The number of phenols is 1. The lowest BCUT2D eigenvalue weighted by Crippen LogP contribution is -2.42. The number of aromatic hydroxyl groups is 1. The molecule has 2 aromatic carbocycles. The highest BCUT2D eigenvalue weighted by Gasteiger charge is 2.39. The van der Waals surface area contributed by atoms with E-state index in [0.29, 0.717) is 11.3 Å². The van der Waals surface area contributed by atoms with Gasteiger partial charge in [0.05, 0.1) is 23.9 Å². The van der Waals surface area contributed by atoms with Crippen molar-refractivity contribution in [2.75, 3.05) is 18.2 Å². The molecule has 3 atom stereocenters. The van der Waals surface area contributed by atoms with E-state index < -0.39 is 60.4 Å². The number of sulfonamides is 1. The summed E-state index contributed by atoms with van der Waals surface area (Å²) in [4.78, 5) is 4.43. The molecule has 0 fully saturated rings. The van der Waals surface area contributed by atoms with Gasteiger partial charge in [0.15, 0.2) is 22.2 Å². The molecule has 1 aliphatic heterocycles. The first-order valence-corrected chi connectivity index (χ1v) is 16.5. The molecule has 0 aliphatic carbocycles. The molecular weight excluding hydrogens is 632 g/mol. The van der Waals surface area contributed by atoms with Crippen LogP contribution in [0.3, 0.4) is 0 Å². The number of nitrogens with zero attached hydrogens (tertiary/aromatic N) is 1. The number of alkyl halides is 3. The Hall–Kier alpha value is -2.91. The molecular formula is C28H31ClF4N4O4S2. The van der Waals surface area contributed by atoms with Gasteiger partial charge < -0.3 is 15.2 Å². The molecule has 0 saturated heterocycles. The molecule has 3 unspecified atom stereocenters. The smallest absolute Gasteiger partial charge is 0.435 e. The van der Waals surface area contributed by atoms with Crippen molar-refractivity contribution in [1.29, 1.82) is 0 Å². The van der Waals surface area contributed by atoms with E-state index in [0.717, 1.165) is 29.8 Å². The zero-order chi connectivity index (χ0) is 31.5. The summed E-state index contributed by atoms with van der Waals surface area (Å²) < 4.78 is 90.3. The number of ether oxygens (including phenoxy) is 1. The van der Waals surface area contributed by atoms with Crippen molar-refractivity contribution in [3.63, 3.8) is 0 Å². The van der Waals surface area contributed by atoms with Gasteiger partial charge in [0, 0.05) is 12.1 Å². The second-order valence-electron chi connectivity index (χ2n) is 9.74. The summed E-state index contributed by atoms with van der Waals surface area (Å²) in [5, 5.41) is 15.2. The van der Waals surface area contributed by atoms with Crippen LogP contribution in [0.5, 0.6) is 11.5 Å². The second-order valence-corrected chi connectivity index (χ2v) is 14.2. The molecule has 4 rings (SSSR count). The Bertz CT molecular complexity index is 1640. The fourth-order valence-electron chi connectivity index (χ4n) is 4.60. The largest absolute Gasteiger partial charge is 0.504 e. The molecule has 43 heavy (non-hydrogen) atoms. The standard InChI is InChI=1S/C28H31ClF4N4O4S2/c1-4-5-13-42-16(2)24(17-9-10-20(30)19(29)14-17)36-27(42)37-43(39,40)23-12-11-21(26(35-23)28(31,32)33)34-15-18-7-6-8-22(41-3)25(18)38/h6-12,14,24,27,34,36-38H,4-5,13,15H2,1-3H3. The van der Waals surface area contributed by atoms with Crippen molar-refractivity contribution < 1.29 is 35.8 Å². The summed E-state index contributed by atoms with van der Waals surface area (Å²) in [6, 6.07) is 10.3. The normalized spacial score (nSPS) is 19.1. The molecule has 15 heteroatoms. The van der Waals surface area contributed by atoms with Crippen LogP contribution in [0.2, 0.25) is 5.02 Å². The third kappa shape index (κ3) is 7.43. The number of rotatable bonds is 11. The number of phenolic OH excluding ortho intramolecular Hbond substituents is 1. The van der Waals surface area contributed by atoms with Crippen LogP contribution in [0, 0.1) is 5.82 Å². The van der Waals surface area contributed by atoms with E-state index in [9.17, 15) is 31.1 Å². The average Bonchev–Trinajstić information content (AvgIpc) is 3.25. The average molecular weight is 663 g/mol. The van der Waals surface area contributed by atoms with Crippen LogP contribution in [-0.2, 0) is 22.7 Å². The van der Waals surface area contributed by atoms with Crippen LogP contribution in [0.4, 0.5) is 23.2 Å². The van der Waals surface area contributed by atoms with Crippen LogP contribution in [0.15, 0.2) is 53.6 Å². The van der Waals surface area contributed by atoms with Gasteiger partial charge in [0.2, 0.25) is 0 Å². The minimum atomic E-state index is -4.99. The Morgan fingerprint density at radius 1 is 1.19 bits per heavy atom. The predicted octanol–water partition coefficient (Wildman–Crippen LogP) is 6.39. The number of hydrogen-bond acceptors (Lipinski definition) is 7. The van der Waals surface area contributed by atoms with Gasteiger partial charge in [-0.2, -0.15) is 28.4 Å². The number of para-hydroxylation sites is 1. The molecule has 0 spiro atoms. The number of aromatic nitrogens is 1. The van der Waals surface area contributed by atoms with E-state index >= 15 is 0 Å². The molecule has 4 N–H and O–H groups in total. The summed E-state index contributed by atoms with van der Waals surface area (Å²) >= 11 is 5.98. The predicted molar refractivity (Wildman–Crippen MR) is 161 cm³/mol. The lowest BCUT2D eigenvalue weighted by Gasteiger charge is -2.21. The molecule has 2 heterocycles. The third-order valence-corrected chi connectivity index (χ3v) is 11.2. The van der Waals surface area contributed by atoms with Gasteiger partial charge in [-0.3, -0.25) is 5.32 Å². The highest BCUT2D eigenvalue weighted by atomic mass is 35.5. The Morgan fingerprint density at radius 3 is 2.58 bits per heavy atom. The highest BCUT2D eigenvalue weighted by Crippen LogP contribution is 2.38. The first-order valence-electron chi connectivity index (χ1n) is 13.2.